The van der Waals surface area contributed by atoms with Crippen LogP contribution in [0.15, 0.2) is 47.5 Å². The maximum Gasteiger partial charge on any atom is 0.119 e. The van der Waals surface area contributed by atoms with Crippen molar-refractivity contribution in [1.29, 1.82) is 0 Å². The highest BCUT2D eigenvalue weighted by Gasteiger charge is 1.96. The van der Waals surface area contributed by atoms with E-state index < -0.39 is 0 Å². The van der Waals surface area contributed by atoms with Gasteiger partial charge in [0.25, 0.3) is 0 Å². The Morgan fingerprint density at radius 3 is 2.42 bits per heavy atom. The van der Waals surface area contributed by atoms with Gasteiger partial charge in [-0.3, -0.25) is 4.99 Å². The Morgan fingerprint density at radius 1 is 1.05 bits per heavy atom. The highest BCUT2D eigenvalue weighted by atomic mass is 16.5. The van der Waals surface area contributed by atoms with Crippen LogP contribution in [0.25, 0.3) is 0 Å². The molecule has 2 heteroatoms. The third-order valence-corrected chi connectivity index (χ3v) is 2.90. The smallest absolute Gasteiger partial charge is 0.119 e. The molecular weight excluding hydrogens is 234 g/mol. The van der Waals surface area contributed by atoms with Crippen LogP contribution in [0, 0.1) is 13.8 Å². The van der Waals surface area contributed by atoms with Crippen LogP contribution in [0.5, 0.6) is 5.75 Å². The summed E-state index contributed by atoms with van der Waals surface area (Å²) in [7, 11) is 0. The summed E-state index contributed by atoms with van der Waals surface area (Å²) in [5.74, 6) is 0.895. The summed E-state index contributed by atoms with van der Waals surface area (Å²) in [5.41, 5.74) is 4.54. The molecule has 2 rings (SSSR count). The first-order valence-electron chi connectivity index (χ1n) is 6.53. The van der Waals surface area contributed by atoms with Gasteiger partial charge in [-0.05, 0) is 62.2 Å². The van der Waals surface area contributed by atoms with Crippen molar-refractivity contribution in [3.63, 3.8) is 0 Å². The van der Waals surface area contributed by atoms with Crippen LogP contribution in [0.1, 0.15) is 23.6 Å². The first kappa shape index (κ1) is 13.3. The van der Waals surface area contributed by atoms with Gasteiger partial charge in [0.1, 0.15) is 5.75 Å². The van der Waals surface area contributed by atoms with Crippen molar-refractivity contribution < 1.29 is 4.74 Å². The van der Waals surface area contributed by atoms with Crippen LogP contribution in [-0.4, -0.2) is 12.8 Å². The van der Waals surface area contributed by atoms with Gasteiger partial charge in [-0.15, -0.1) is 0 Å². The summed E-state index contributed by atoms with van der Waals surface area (Å²) in [4.78, 5) is 4.53. The first-order valence-corrected chi connectivity index (χ1v) is 6.53. The molecule has 2 nitrogen and oxygen atoms in total. The number of rotatable bonds is 4. The molecule has 0 aliphatic carbocycles. The molecule has 0 bridgehead atoms. The Balaban J connectivity index is 2.13. The van der Waals surface area contributed by atoms with Crippen LogP contribution in [0.4, 0.5) is 5.69 Å². The van der Waals surface area contributed by atoms with E-state index in [4.69, 9.17) is 4.74 Å². The summed E-state index contributed by atoms with van der Waals surface area (Å²) < 4.78 is 5.41. The molecule has 0 aliphatic heterocycles. The average molecular weight is 253 g/mol. The molecule has 2 aromatic carbocycles. The molecule has 0 saturated carbocycles. The van der Waals surface area contributed by atoms with Crippen LogP contribution in [0.3, 0.4) is 0 Å². The Bertz CT molecular complexity index is 570. The topological polar surface area (TPSA) is 21.6 Å². The van der Waals surface area contributed by atoms with E-state index in [-0.39, 0.29) is 0 Å². The van der Waals surface area contributed by atoms with Crippen LogP contribution in [-0.2, 0) is 0 Å². The lowest BCUT2D eigenvalue weighted by molar-refractivity contribution is 0.340. The van der Waals surface area contributed by atoms with E-state index >= 15 is 0 Å². The van der Waals surface area contributed by atoms with Gasteiger partial charge in [-0.25, -0.2) is 0 Å². The standard InChI is InChI=1S/C17H19NO/c1-4-19-16-8-6-15(7-9-16)12-18-17-10-5-13(2)11-14(17)3/h5-12H,4H2,1-3H3. The third-order valence-electron chi connectivity index (χ3n) is 2.90. The number of nitrogens with zero attached hydrogens (tertiary/aromatic N) is 1. The minimum Gasteiger partial charge on any atom is -0.494 e. The molecule has 0 aliphatic rings. The van der Waals surface area contributed by atoms with Crippen LogP contribution < -0.4 is 4.74 Å². The first-order chi connectivity index (χ1) is 9.19. The fourth-order valence-electron chi connectivity index (χ4n) is 1.91. The molecule has 0 amide bonds. The van der Waals surface area contributed by atoms with Crippen molar-refractivity contribution in [1.82, 2.24) is 0 Å². The molecule has 0 radical (unpaired) electrons. The molecule has 0 heterocycles. The largest absolute Gasteiger partial charge is 0.494 e. The Hall–Kier alpha value is -2.09. The lowest BCUT2D eigenvalue weighted by atomic mass is 10.1. The van der Waals surface area contributed by atoms with E-state index in [9.17, 15) is 0 Å². The summed E-state index contributed by atoms with van der Waals surface area (Å²) in [6, 6.07) is 14.2. The minimum atomic E-state index is 0.690. The zero-order chi connectivity index (χ0) is 13.7. The Morgan fingerprint density at radius 2 is 1.79 bits per heavy atom. The monoisotopic (exact) mass is 253 g/mol. The van der Waals surface area contributed by atoms with Crippen molar-refractivity contribution in [3.8, 4) is 5.75 Å². The predicted molar refractivity (Wildman–Crippen MR) is 80.8 cm³/mol. The maximum atomic E-state index is 5.41. The molecule has 0 N–H and O–H groups in total. The lowest BCUT2D eigenvalue weighted by Gasteiger charge is -2.03. The van der Waals surface area contributed by atoms with Crippen LogP contribution in [0.2, 0.25) is 0 Å². The highest BCUT2D eigenvalue weighted by molar-refractivity contribution is 5.82. The van der Waals surface area contributed by atoms with Crippen molar-refractivity contribution in [2.75, 3.05) is 6.61 Å². The number of hydrogen-bond donors (Lipinski definition) is 0. The van der Waals surface area contributed by atoms with Gasteiger partial charge in [0.2, 0.25) is 0 Å². The van der Waals surface area contributed by atoms with E-state index in [0.29, 0.717) is 6.61 Å². The SMILES string of the molecule is CCOc1ccc(C=Nc2ccc(C)cc2C)cc1. The molecule has 0 saturated heterocycles. The van der Waals surface area contributed by atoms with Gasteiger partial charge in [0.15, 0.2) is 0 Å². The van der Waals surface area contributed by atoms with E-state index in [1.807, 2.05) is 37.4 Å². The predicted octanol–water partition coefficient (Wildman–Crippen LogP) is 4.45. The van der Waals surface area contributed by atoms with E-state index in [0.717, 1.165) is 17.0 Å². The normalized spacial score (nSPS) is 10.9. The van der Waals surface area contributed by atoms with Crippen molar-refractivity contribution in [2.45, 2.75) is 20.8 Å². The summed E-state index contributed by atoms with van der Waals surface area (Å²) in [6.07, 6.45) is 1.88. The van der Waals surface area contributed by atoms with Gasteiger partial charge < -0.3 is 4.74 Å². The van der Waals surface area contributed by atoms with E-state index in [1.54, 1.807) is 0 Å². The van der Waals surface area contributed by atoms with Gasteiger partial charge in [0, 0.05) is 6.21 Å². The summed E-state index contributed by atoms with van der Waals surface area (Å²) >= 11 is 0. The molecule has 98 valence electrons. The van der Waals surface area contributed by atoms with Gasteiger partial charge in [-0.2, -0.15) is 0 Å². The lowest BCUT2D eigenvalue weighted by Crippen LogP contribution is -1.91. The quantitative estimate of drug-likeness (QED) is 0.737. The van der Waals surface area contributed by atoms with Crippen molar-refractivity contribution in [3.05, 3.63) is 59.2 Å². The molecule has 2 aromatic rings. The van der Waals surface area contributed by atoms with Crippen LogP contribution >= 0.6 is 0 Å². The fourth-order valence-corrected chi connectivity index (χ4v) is 1.91. The summed E-state index contributed by atoms with van der Waals surface area (Å²) in [5, 5.41) is 0. The fraction of sp³-hybridized carbons (Fsp3) is 0.235. The van der Waals surface area contributed by atoms with E-state index in [2.05, 4.69) is 37.0 Å². The van der Waals surface area contributed by atoms with Crippen molar-refractivity contribution >= 4 is 11.9 Å². The van der Waals surface area contributed by atoms with Gasteiger partial charge >= 0.3 is 0 Å². The minimum absolute atomic E-state index is 0.690. The molecular formula is C17H19NO. The van der Waals surface area contributed by atoms with Gasteiger partial charge in [0.05, 0.1) is 12.3 Å². The zero-order valence-corrected chi connectivity index (χ0v) is 11.7. The molecule has 0 atom stereocenters. The molecule has 0 unspecified atom stereocenters. The highest BCUT2D eigenvalue weighted by Crippen LogP contribution is 2.19. The Labute approximate surface area is 114 Å². The van der Waals surface area contributed by atoms with Crippen molar-refractivity contribution in [2.24, 2.45) is 4.99 Å². The second kappa shape index (κ2) is 6.19. The second-order valence-corrected chi connectivity index (χ2v) is 4.55. The third kappa shape index (κ3) is 3.68. The molecule has 0 aromatic heterocycles. The molecule has 0 spiro atoms. The number of aliphatic imine (C=N–C) groups is 1. The zero-order valence-electron chi connectivity index (χ0n) is 11.7. The number of hydrogen-bond acceptors (Lipinski definition) is 2. The second-order valence-electron chi connectivity index (χ2n) is 4.55. The number of aryl methyl sites for hydroxylation is 2. The maximum absolute atomic E-state index is 5.41. The van der Waals surface area contributed by atoms with E-state index in [1.165, 1.54) is 11.1 Å². The summed E-state index contributed by atoms with van der Waals surface area (Å²) in [6.45, 7) is 6.84. The molecule has 19 heavy (non-hydrogen) atoms. The molecule has 0 fully saturated rings. The number of benzene rings is 2. The average Bonchev–Trinajstić information content (AvgIpc) is 2.40. The number of ether oxygens (including phenoxy) is 1. The Kier molecular flexibility index (Phi) is 4.35. The van der Waals surface area contributed by atoms with Gasteiger partial charge in [-0.1, -0.05) is 17.7 Å².